The van der Waals surface area contributed by atoms with E-state index in [9.17, 15) is 23.1 Å². The number of hydrogen-bond donors (Lipinski definition) is 1. The van der Waals surface area contributed by atoms with Gasteiger partial charge in [0, 0.05) is 6.54 Å². The molecule has 1 amide bonds. The Morgan fingerprint density at radius 1 is 1.30 bits per heavy atom. The lowest BCUT2D eigenvalue weighted by molar-refractivity contribution is -0.137. The Morgan fingerprint density at radius 2 is 2.09 bits per heavy atom. The molecule has 0 spiro atoms. The van der Waals surface area contributed by atoms with Crippen LogP contribution in [0.25, 0.3) is 0 Å². The van der Waals surface area contributed by atoms with Crippen LogP contribution in [0.4, 0.5) is 13.2 Å². The molecule has 1 N–H and O–H groups in total. The highest BCUT2D eigenvalue weighted by molar-refractivity contribution is 5.94. The predicted molar refractivity (Wildman–Crippen MR) is 74.6 cm³/mol. The summed E-state index contributed by atoms with van der Waals surface area (Å²) < 4.78 is 43.5. The van der Waals surface area contributed by atoms with E-state index in [1.807, 2.05) is 0 Å². The molecule has 1 aromatic carbocycles. The molecular weight excluding hydrogens is 311 g/mol. The molecule has 0 aliphatic carbocycles. The van der Waals surface area contributed by atoms with Crippen molar-refractivity contribution in [2.24, 2.45) is 0 Å². The lowest BCUT2D eigenvalue weighted by atomic mass is 10.0. The van der Waals surface area contributed by atoms with E-state index in [0.717, 1.165) is 12.1 Å². The lowest BCUT2D eigenvalue weighted by Gasteiger charge is -2.24. The number of rotatable bonds is 2. The smallest absolute Gasteiger partial charge is 0.416 e. The van der Waals surface area contributed by atoms with Crippen LogP contribution in [0.1, 0.15) is 33.9 Å². The molecule has 0 saturated carbocycles. The molecule has 122 valence electrons. The summed E-state index contributed by atoms with van der Waals surface area (Å²) in [7, 11) is 0. The molecule has 1 aromatic heterocycles. The molecule has 3 rings (SSSR count). The largest absolute Gasteiger partial charge is 0.472 e. The highest BCUT2D eigenvalue weighted by Gasteiger charge is 2.37. The first-order valence-corrected chi connectivity index (χ1v) is 7.04. The van der Waals surface area contributed by atoms with Gasteiger partial charge in [-0.25, -0.2) is 0 Å². The topological polar surface area (TPSA) is 53.7 Å². The summed E-state index contributed by atoms with van der Waals surface area (Å²) in [5.41, 5.74) is -0.114. The SMILES string of the molecule is O=C(c1ccoc1)N1C[C@H](O)C[C@@H]1c1cccc(C(F)(F)F)c1. The number of nitrogens with zero attached hydrogens (tertiary/aromatic N) is 1. The van der Waals surface area contributed by atoms with Gasteiger partial charge in [-0.1, -0.05) is 12.1 Å². The fourth-order valence-electron chi connectivity index (χ4n) is 2.83. The number of aliphatic hydroxyl groups is 1. The number of β-amino-alcohol motifs (C(OH)–C–C–N with tert-alkyl or cyclic N) is 1. The third kappa shape index (κ3) is 3.10. The molecule has 2 aromatic rings. The Bertz CT molecular complexity index is 697. The average molecular weight is 325 g/mol. The van der Waals surface area contributed by atoms with Crippen LogP contribution in [0.3, 0.4) is 0 Å². The number of aliphatic hydroxyl groups excluding tert-OH is 1. The second-order valence-corrected chi connectivity index (χ2v) is 5.50. The number of benzene rings is 1. The van der Waals surface area contributed by atoms with Gasteiger partial charge in [-0.05, 0) is 30.2 Å². The minimum Gasteiger partial charge on any atom is -0.472 e. The second kappa shape index (κ2) is 5.73. The first-order chi connectivity index (χ1) is 10.9. The normalized spacial score (nSPS) is 21.7. The zero-order chi connectivity index (χ0) is 16.6. The van der Waals surface area contributed by atoms with E-state index in [4.69, 9.17) is 4.42 Å². The summed E-state index contributed by atoms with van der Waals surface area (Å²) in [6.07, 6.45) is -2.40. The van der Waals surface area contributed by atoms with E-state index in [1.54, 1.807) is 0 Å². The van der Waals surface area contributed by atoms with Crippen molar-refractivity contribution >= 4 is 5.91 Å². The van der Waals surface area contributed by atoms with Crippen LogP contribution in [0, 0.1) is 0 Å². The summed E-state index contributed by atoms with van der Waals surface area (Å²) >= 11 is 0. The van der Waals surface area contributed by atoms with Crippen LogP contribution in [0.2, 0.25) is 0 Å². The van der Waals surface area contributed by atoms with Gasteiger partial charge in [-0.3, -0.25) is 4.79 Å². The Hall–Kier alpha value is -2.28. The Kier molecular flexibility index (Phi) is 3.89. The molecule has 1 saturated heterocycles. The zero-order valence-corrected chi connectivity index (χ0v) is 12.0. The molecule has 1 aliphatic rings. The van der Waals surface area contributed by atoms with Crippen LogP contribution in [-0.4, -0.2) is 28.6 Å². The maximum Gasteiger partial charge on any atom is 0.416 e. The van der Waals surface area contributed by atoms with Gasteiger partial charge in [-0.2, -0.15) is 13.2 Å². The van der Waals surface area contributed by atoms with Gasteiger partial charge in [0.1, 0.15) is 6.26 Å². The summed E-state index contributed by atoms with van der Waals surface area (Å²) in [4.78, 5) is 13.8. The monoisotopic (exact) mass is 325 g/mol. The minimum atomic E-state index is -4.45. The number of carbonyl (C=O) groups is 1. The number of halogens is 3. The number of hydrogen-bond acceptors (Lipinski definition) is 3. The number of alkyl halides is 3. The lowest BCUT2D eigenvalue weighted by Crippen LogP contribution is -2.31. The fraction of sp³-hybridized carbons (Fsp3) is 0.312. The summed E-state index contributed by atoms with van der Waals surface area (Å²) in [5, 5.41) is 9.87. The Morgan fingerprint density at radius 3 is 2.74 bits per heavy atom. The number of amides is 1. The first kappa shape index (κ1) is 15.6. The van der Waals surface area contributed by atoms with E-state index in [2.05, 4.69) is 0 Å². The summed E-state index contributed by atoms with van der Waals surface area (Å²) in [6, 6.07) is 5.73. The van der Waals surface area contributed by atoms with E-state index < -0.39 is 23.9 Å². The van der Waals surface area contributed by atoms with Crippen molar-refractivity contribution < 1.29 is 27.5 Å². The van der Waals surface area contributed by atoms with Crippen molar-refractivity contribution in [2.45, 2.75) is 24.7 Å². The van der Waals surface area contributed by atoms with Crippen molar-refractivity contribution in [3.05, 3.63) is 59.5 Å². The van der Waals surface area contributed by atoms with Gasteiger partial charge in [0.05, 0.1) is 29.5 Å². The van der Waals surface area contributed by atoms with Crippen LogP contribution >= 0.6 is 0 Å². The van der Waals surface area contributed by atoms with E-state index in [1.165, 1.54) is 35.6 Å². The molecule has 1 aliphatic heterocycles. The predicted octanol–water partition coefficient (Wildman–Crippen LogP) is 3.25. The molecule has 0 unspecified atom stereocenters. The Balaban J connectivity index is 1.92. The first-order valence-electron chi connectivity index (χ1n) is 7.04. The maximum absolute atomic E-state index is 12.9. The van der Waals surface area contributed by atoms with E-state index in [-0.39, 0.29) is 18.9 Å². The van der Waals surface area contributed by atoms with Crippen LogP contribution < -0.4 is 0 Å². The molecule has 7 heteroatoms. The maximum atomic E-state index is 12.9. The molecule has 2 atom stereocenters. The molecule has 0 radical (unpaired) electrons. The van der Waals surface area contributed by atoms with E-state index in [0.29, 0.717) is 11.1 Å². The Labute approximate surface area is 130 Å². The minimum absolute atomic E-state index is 0.0743. The number of likely N-dealkylation sites (tertiary alicyclic amines) is 1. The second-order valence-electron chi connectivity index (χ2n) is 5.50. The van der Waals surface area contributed by atoms with Crippen LogP contribution in [-0.2, 0) is 6.18 Å². The van der Waals surface area contributed by atoms with Gasteiger partial charge >= 0.3 is 6.18 Å². The molecule has 2 heterocycles. The molecule has 23 heavy (non-hydrogen) atoms. The van der Waals surface area contributed by atoms with Gasteiger partial charge < -0.3 is 14.4 Å². The molecule has 4 nitrogen and oxygen atoms in total. The van der Waals surface area contributed by atoms with Gasteiger partial charge in [0.25, 0.3) is 5.91 Å². The summed E-state index contributed by atoms with van der Waals surface area (Å²) in [6.45, 7) is 0.0743. The molecular formula is C16H14F3NO3. The van der Waals surface area contributed by atoms with Crippen molar-refractivity contribution in [3.8, 4) is 0 Å². The van der Waals surface area contributed by atoms with Crippen molar-refractivity contribution in [1.29, 1.82) is 0 Å². The standard InChI is InChI=1S/C16H14F3NO3/c17-16(18,19)12-3-1-2-10(6-12)14-7-13(21)8-20(14)15(22)11-4-5-23-9-11/h1-6,9,13-14,21H,7-8H2/t13-,14-/m1/s1. The highest BCUT2D eigenvalue weighted by atomic mass is 19.4. The van der Waals surface area contributed by atoms with Gasteiger partial charge in [-0.15, -0.1) is 0 Å². The number of furan rings is 1. The molecule has 1 fully saturated rings. The summed E-state index contributed by atoms with van der Waals surface area (Å²) in [5.74, 6) is -0.377. The quantitative estimate of drug-likeness (QED) is 0.922. The average Bonchev–Trinajstić information content (AvgIpc) is 3.15. The van der Waals surface area contributed by atoms with Crippen LogP contribution in [0.5, 0.6) is 0 Å². The van der Waals surface area contributed by atoms with Crippen molar-refractivity contribution in [2.75, 3.05) is 6.54 Å². The highest BCUT2D eigenvalue weighted by Crippen LogP contribution is 2.36. The zero-order valence-electron chi connectivity index (χ0n) is 12.0. The molecule has 0 bridgehead atoms. The van der Waals surface area contributed by atoms with Crippen molar-refractivity contribution in [3.63, 3.8) is 0 Å². The number of carbonyl (C=O) groups excluding carboxylic acids is 1. The fourth-order valence-corrected chi connectivity index (χ4v) is 2.83. The van der Waals surface area contributed by atoms with Gasteiger partial charge in [0.15, 0.2) is 0 Å². The third-order valence-corrected chi connectivity index (χ3v) is 3.91. The van der Waals surface area contributed by atoms with Crippen molar-refractivity contribution in [1.82, 2.24) is 4.90 Å². The van der Waals surface area contributed by atoms with Crippen LogP contribution in [0.15, 0.2) is 47.3 Å². The van der Waals surface area contributed by atoms with E-state index >= 15 is 0 Å². The third-order valence-electron chi connectivity index (χ3n) is 3.91. The van der Waals surface area contributed by atoms with Gasteiger partial charge in [0.2, 0.25) is 0 Å².